The quantitative estimate of drug-likeness (QED) is 0.849. The molecule has 2 N–H and O–H groups in total. The number of amides is 1. The van der Waals surface area contributed by atoms with E-state index in [2.05, 4.69) is 12.2 Å². The van der Waals surface area contributed by atoms with Crippen LogP contribution in [0.4, 0.5) is 0 Å². The normalized spacial score (nSPS) is 14.3. The zero-order valence-corrected chi connectivity index (χ0v) is 10.4. The van der Waals surface area contributed by atoms with Gasteiger partial charge in [-0.15, -0.1) is 0 Å². The Morgan fingerprint density at radius 2 is 2.05 bits per heavy atom. The Morgan fingerprint density at radius 1 is 1.37 bits per heavy atom. The predicted octanol–water partition coefficient (Wildman–Crippen LogP) is 1.07. The average Bonchev–Trinajstić information content (AvgIpc) is 2.81. The van der Waals surface area contributed by atoms with Crippen LogP contribution in [0.15, 0.2) is 18.2 Å². The molecule has 2 unspecified atom stereocenters. The summed E-state index contributed by atoms with van der Waals surface area (Å²) in [6, 6.07) is 3.65. The number of hydrogen-bond acceptors (Lipinski definition) is 4. The van der Waals surface area contributed by atoms with Crippen molar-refractivity contribution >= 4 is 11.9 Å². The molecule has 1 amide bonds. The summed E-state index contributed by atoms with van der Waals surface area (Å²) in [5, 5.41) is 11.4. The third-order valence-electron chi connectivity index (χ3n) is 2.76. The van der Waals surface area contributed by atoms with Crippen molar-refractivity contribution in [2.45, 2.75) is 13.0 Å². The molecular weight excluding hydrogens is 250 g/mol. The molecule has 0 fully saturated rings. The minimum atomic E-state index is -1.11. The molecule has 0 saturated carbocycles. The zero-order chi connectivity index (χ0) is 14.0. The zero-order valence-electron chi connectivity index (χ0n) is 10.4. The van der Waals surface area contributed by atoms with Gasteiger partial charge in [-0.1, -0.05) is 6.92 Å². The van der Waals surface area contributed by atoms with Gasteiger partial charge in [0.15, 0.2) is 11.5 Å². The van der Waals surface area contributed by atoms with Gasteiger partial charge in [0.1, 0.15) is 6.04 Å². The largest absolute Gasteiger partial charge is 0.480 e. The first-order valence-electron chi connectivity index (χ1n) is 5.75. The molecule has 0 aliphatic carbocycles. The summed E-state index contributed by atoms with van der Waals surface area (Å²) in [6.45, 7) is 5.37. The van der Waals surface area contributed by atoms with E-state index in [4.69, 9.17) is 14.6 Å². The van der Waals surface area contributed by atoms with E-state index in [1.54, 1.807) is 19.1 Å². The van der Waals surface area contributed by atoms with Crippen LogP contribution in [0, 0.1) is 12.8 Å². The van der Waals surface area contributed by atoms with Crippen molar-refractivity contribution in [2.24, 2.45) is 5.92 Å². The molecule has 1 heterocycles. The lowest BCUT2D eigenvalue weighted by atomic mass is 10.0. The van der Waals surface area contributed by atoms with Crippen molar-refractivity contribution in [1.82, 2.24) is 5.32 Å². The van der Waals surface area contributed by atoms with Crippen LogP contribution in [-0.2, 0) is 4.79 Å². The molecule has 1 radical (unpaired) electrons. The predicted molar refractivity (Wildman–Crippen MR) is 66.0 cm³/mol. The Bertz CT molecular complexity index is 512. The summed E-state index contributed by atoms with van der Waals surface area (Å²) >= 11 is 0. The number of benzene rings is 1. The van der Waals surface area contributed by atoms with E-state index in [1.807, 2.05) is 0 Å². The van der Waals surface area contributed by atoms with Crippen molar-refractivity contribution in [2.75, 3.05) is 6.79 Å². The van der Waals surface area contributed by atoms with Crippen molar-refractivity contribution in [1.29, 1.82) is 0 Å². The number of fused-ring (bicyclic) bond motifs is 1. The van der Waals surface area contributed by atoms with Crippen LogP contribution >= 0.6 is 0 Å². The first-order chi connectivity index (χ1) is 8.99. The number of rotatable bonds is 4. The second-order valence-electron chi connectivity index (χ2n) is 4.33. The SMILES string of the molecule is [CH2]C(C)C(NC(=O)c1ccc2c(c1)OCO2)C(=O)O. The van der Waals surface area contributed by atoms with Crippen LogP contribution < -0.4 is 14.8 Å². The van der Waals surface area contributed by atoms with E-state index in [0.717, 1.165) is 0 Å². The van der Waals surface area contributed by atoms with Gasteiger partial charge in [0.05, 0.1) is 0 Å². The van der Waals surface area contributed by atoms with Crippen LogP contribution in [0.1, 0.15) is 17.3 Å². The number of carbonyl (C=O) groups is 2. The standard InChI is InChI=1S/C13H14NO5/c1-7(2)11(13(16)17)14-12(15)8-3-4-9-10(5-8)19-6-18-9/h3-5,7,11H,1,6H2,2H3,(H,14,15)(H,16,17). The minimum Gasteiger partial charge on any atom is -0.480 e. The van der Waals surface area contributed by atoms with Gasteiger partial charge in [0.2, 0.25) is 6.79 Å². The number of nitrogens with one attached hydrogen (secondary N) is 1. The van der Waals surface area contributed by atoms with E-state index in [0.29, 0.717) is 17.1 Å². The highest BCUT2D eigenvalue weighted by Gasteiger charge is 2.25. The molecule has 2 rings (SSSR count). The van der Waals surface area contributed by atoms with Gasteiger partial charge in [-0.05, 0) is 31.0 Å². The summed E-state index contributed by atoms with van der Waals surface area (Å²) in [5.41, 5.74) is 0.316. The first-order valence-corrected chi connectivity index (χ1v) is 5.75. The lowest BCUT2D eigenvalue weighted by Gasteiger charge is -2.17. The van der Waals surface area contributed by atoms with Crippen molar-refractivity contribution < 1.29 is 24.2 Å². The molecule has 0 aromatic heterocycles. The molecule has 2 atom stereocenters. The van der Waals surface area contributed by atoms with Crippen molar-refractivity contribution in [3.63, 3.8) is 0 Å². The summed E-state index contributed by atoms with van der Waals surface area (Å²) in [5.74, 6) is -1.01. The molecule has 6 nitrogen and oxygen atoms in total. The van der Waals surface area contributed by atoms with E-state index < -0.39 is 23.8 Å². The summed E-state index contributed by atoms with van der Waals surface area (Å²) in [4.78, 5) is 23.0. The monoisotopic (exact) mass is 264 g/mol. The first kappa shape index (κ1) is 13.2. The molecule has 1 aliphatic rings. The molecule has 0 bridgehead atoms. The van der Waals surface area contributed by atoms with Crippen LogP contribution in [0.25, 0.3) is 0 Å². The Balaban J connectivity index is 2.13. The van der Waals surface area contributed by atoms with Gasteiger partial charge in [0, 0.05) is 5.56 Å². The molecule has 101 valence electrons. The van der Waals surface area contributed by atoms with E-state index >= 15 is 0 Å². The van der Waals surface area contributed by atoms with Gasteiger partial charge in [-0.3, -0.25) is 4.79 Å². The van der Waals surface area contributed by atoms with Gasteiger partial charge in [0.25, 0.3) is 5.91 Å². The highest BCUT2D eigenvalue weighted by molar-refractivity contribution is 5.97. The maximum atomic E-state index is 12.0. The molecule has 0 saturated heterocycles. The molecule has 0 spiro atoms. The number of hydrogen-bond donors (Lipinski definition) is 2. The van der Waals surface area contributed by atoms with Gasteiger partial charge >= 0.3 is 5.97 Å². The molecular formula is C13H14NO5. The summed E-state index contributed by atoms with van der Waals surface area (Å²) in [7, 11) is 0. The maximum Gasteiger partial charge on any atom is 0.326 e. The Morgan fingerprint density at radius 3 is 2.68 bits per heavy atom. The van der Waals surface area contributed by atoms with Crippen LogP contribution in [0.2, 0.25) is 0 Å². The third-order valence-corrected chi connectivity index (χ3v) is 2.76. The van der Waals surface area contributed by atoms with Crippen LogP contribution in [-0.4, -0.2) is 29.8 Å². The fraction of sp³-hybridized carbons (Fsp3) is 0.308. The number of carboxylic acid groups (broad SMARTS) is 1. The van der Waals surface area contributed by atoms with Crippen molar-refractivity contribution in [3.8, 4) is 11.5 Å². The second-order valence-corrected chi connectivity index (χ2v) is 4.33. The Labute approximate surface area is 110 Å². The smallest absolute Gasteiger partial charge is 0.326 e. The molecule has 6 heteroatoms. The number of carboxylic acids is 1. The van der Waals surface area contributed by atoms with E-state index in [9.17, 15) is 9.59 Å². The minimum absolute atomic E-state index is 0.119. The topological polar surface area (TPSA) is 84.9 Å². The molecule has 1 aliphatic heterocycles. The van der Waals surface area contributed by atoms with E-state index in [1.165, 1.54) is 6.07 Å². The lowest BCUT2D eigenvalue weighted by molar-refractivity contribution is -0.140. The Hall–Kier alpha value is -2.24. The molecule has 1 aromatic carbocycles. The number of aliphatic carboxylic acids is 1. The average molecular weight is 264 g/mol. The Kier molecular flexibility index (Phi) is 3.59. The molecule has 1 aromatic rings. The summed E-state index contributed by atoms with van der Waals surface area (Å²) in [6.07, 6.45) is 0. The van der Waals surface area contributed by atoms with Crippen molar-refractivity contribution in [3.05, 3.63) is 30.7 Å². The second kappa shape index (κ2) is 5.17. The fourth-order valence-corrected chi connectivity index (χ4v) is 1.71. The lowest BCUT2D eigenvalue weighted by Crippen LogP contribution is -2.44. The van der Waals surface area contributed by atoms with E-state index in [-0.39, 0.29) is 6.79 Å². The van der Waals surface area contributed by atoms with Gasteiger partial charge in [-0.2, -0.15) is 0 Å². The highest BCUT2D eigenvalue weighted by Crippen LogP contribution is 2.32. The summed E-state index contributed by atoms with van der Waals surface area (Å²) < 4.78 is 10.3. The molecule has 19 heavy (non-hydrogen) atoms. The van der Waals surface area contributed by atoms with Gasteiger partial charge < -0.3 is 19.9 Å². The number of carbonyl (C=O) groups excluding carboxylic acids is 1. The third kappa shape index (κ3) is 2.78. The van der Waals surface area contributed by atoms with Crippen LogP contribution in [0.3, 0.4) is 0 Å². The highest BCUT2D eigenvalue weighted by atomic mass is 16.7. The van der Waals surface area contributed by atoms with Gasteiger partial charge in [-0.25, -0.2) is 4.79 Å². The number of ether oxygens (including phenoxy) is 2. The van der Waals surface area contributed by atoms with Crippen LogP contribution in [0.5, 0.6) is 11.5 Å². The maximum absolute atomic E-state index is 12.0. The fourth-order valence-electron chi connectivity index (χ4n) is 1.71.